The molecule has 0 bridgehead atoms. The first-order valence-corrected chi connectivity index (χ1v) is 9.18. The lowest BCUT2D eigenvalue weighted by Crippen LogP contribution is -2.29. The van der Waals surface area contributed by atoms with Gasteiger partial charge in [-0.25, -0.2) is 0 Å². The van der Waals surface area contributed by atoms with Crippen LogP contribution in [0.4, 0.5) is 5.69 Å². The van der Waals surface area contributed by atoms with E-state index in [4.69, 9.17) is 0 Å². The second kappa shape index (κ2) is 9.05. The van der Waals surface area contributed by atoms with Gasteiger partial charge < -0.3 is 4.90 Å². The van der Waals surface area contributed by atoms with Crippen LogP contribution in [0.3, 0.4) is 0 Å². The number of benzene rings is 2. The molecule has 0 amide bonds. The minimum Gasteiger partial charge on any atom is -0.377 e. The zero-order chi connectivity index (χ0) is 16.1. The quantitative estimate of drug-likeness (QED) is 0.725. The first-order chi connectivity index (χ1) is 10.5. The van der Waals surface area contributed by atoms with Crippen LogP contribution in [0.25, 0.3) is 0 Å². The normalized spacial score (nSPS) is 11.9. The fourth-order valence-corrected chi connectivity index (χ4v) is 5.41. The average Bonchev–Trinajstić information content (AvgIpc) is 2.48. The van der Waals surface area contributed by atoms with E-state index in [1.54, 1.807) is 0 Å². The SMILES string of the molecule is C.CCCN(C)P(c1ccccc1)c1cc(C)ccc1N(C)C. The summed E-state index contributed by atoms with van der Waals surface area (Å²) in [6.45, 7) is 5.54. The van der Waals surface area contributed by atoms with Gasteiger partial charge in [-0.05, 0) is 37.8 Å². The summed E-state index contributed by atoms with van der Waals surface area (Å²) in [5.74, 6) is 0. The van der Waals surface area contributed by atoms with E-state index >= 15 is 0 Å². The van der Waals surface area contributed by atoms with Gasteiger partial charge in [0.15, 0.2) is 0 Å². The highest BCUT2D eigenvalue weighted by atomic mass is 31.1. The fourth-order valence-electron chi connectivity index (χ4n) is 2.69. The van der Waals surface area contributed by atoms with Gasteiger partial charge in [0.25, 0.3) is 0 Å². The van der Waals surface area contributed by atoms with Gasteiger partial charge in [0.2, 0.25) is 0 Å². The van der Waals surface area contributed by atoms with Crippen molar-refractivity contribution in [3.63, 3.8) is 0 Å². The second-order valence-corrected chi connectivity index (χ2v) is 8.22. The summed E-state index contributed by atoms with van der Waals surface area (Å²) in [4.78, 5) is 2.23. The monoisotopic (exact) mass is 330 g/mol. The van der Waals surface area contributed by atoms with Gasteiger partial charge in [0, 0.05) is 39.7 Å². The molecule has 2 rings (SSSR count). The Morgan fingerprint density at radius 3 is 2.17 bits per heavy atom. The Morgan fingerprint density at radius 1 is 0.957 bits per heavy atom. The molecule has 2 aromatic carbocycles. The maximum Gasteiger partial charge on any atom is 0.0455 e. The van der Waals surface area contributed by atoms with E-state index in [1.807, 2.05) is 0 Å². The summed E-state index contributed by atoms with van der Waals surface area (Å²) in [7, 11) is 6.02. The summed E-state index contributed by atoms with van der Waals surface area (Å²) in [5.41, 5.74) is 2.65. The third kappa shape index (κ3) is 4.80. The first-order valence-electron chi connectivity index (χ1n) is 7.88. The zero-order valence-electron chi connectivity index (χ0n) is 14.4. The van der Waals surface area contributed by atoms with Crippen molar-refractivity contribution in [3.8, 4) is 0 Å². The topological polar surface area (TPSA) is 6.48 Å². The molecule has 0 aliphatic rings. The van der Waals surface area contributed by atoms with E-state index in [0.717, 1.165) is 6.54 Å². The van der Waals surface area contributed by atoms with Crippen LogP contribution in [-0.4, -0.2) is 32.4 Å². The van der Waals surface area contributed by atoms with Gasteiger partial charge in [-0.3, -0.25) is 4.67 Å². The molecule has 3 heteroatoms. The highest BCUT2D eigenvalue weighted by molar-refractivity contribution is 7.71. The van der Waals surface area contributed by atoms with E-state index < -0.39 is 8.07 Å². The summed E-state index contributed by atoms with van der Waals surface area (Å²) in [6.07, 6.45) is 1.17. The Balaban J connectivity index is 0.00000264. The molecule has 0 N–H and O–H groups in total. The van der Waals surface area contributed by atoms with E-state index in [1.165, 1.54) is 28.3 Å². The Labute approximate surface area is 143 Å². The molecule has 2 aromatic rings. The lowest BCUT2D eigenvalue weighted by atomic mass is 10.2. The van der Waals surface area contributed by atoms with Crippen molar-refractivity contribution in [2.75, 3.05) is 32.6 Å². The predicted octanol–water partition coefficient (Wildman–Crippen LogP) is 4.39. The number of hydrogen-bond donors (Lipinski definition) is 0. The molecule has 0 saturated heterocycles. The van der Waals surface area contributed by atoms with Crippen molar-refractivity contribution < 1.29 is 0 Å². The highest BCUT2D eigenvalue weighted by Gasteiger charge is 2.22. The Bertz CT molecular complexity index is 596. The Hall–Kier alpha value is -1.37. The smallest absolute Gasteiger partial charge is 0.0455 e. The van der Waals surface area contributed by atoms with E-state index in [-0.39, 0.29) is 7.43 Å². The zero-order valence-corrected chi connectivity index (χ0v) is 15.3. The van der Waals surface area contributed by atoms with Gasteiger partial charge in [0.1, 0.15) is 0 Å². The Morgan fingerprint density at radius 2 is 1.61 bits per heavy atom. The number of aryl methyl sites for hydroxylation is 1. The van der Waals surface area contributed by atoms with E-state index in [0.29, 0.717) is 0 Å². The van der Waals surface area contributed by atoms with Gasteiger partial charge in [-0.1, -0.05) is 56.3 Å². The molecule has 126 valence electrons. The molecule has 0 aliphatic heterocycles. The molecule has 23 heavy (non-hydrogen) atoms. The summed E-state index contributed by atoms with van der Waals surface area (Å²) in [5, 5.41) is 2.87. The van der Waals surface area contributed by atoms with E-state index in [2.05, 4.69) is 93.1 Å². The minimum absolute atomic E-state index is 0. The molecule has 0 radical (unpaired) electrons. The fraction of sp³-hybridized carbons (Fsp3) is 0.400. The third-order valence-corrected chi connectivity index (χ3v) is 6.22. The van der Waals surface area contributed by atoms with Crippen LogP contribution < -0.4 is 15.5 Å². The Kier molecular flexibility index (Phi) is 7.75. The van der Waals surface area contributed by atoms with Gasteiger partial charge >= 0.3 is 0 Å². The third-order valence-electron chi connectivity index (χ3n) is 3.73. The predicted molar refractivity (Wildman–Crippen MR) is 108 cm³/mol. The van der Waals surface area contributed by atoms with Gasteiger partial charge in [0.05, 0.1) is 0 Å². The molecule has 0 fully saturated rings. The van der Waals surface area contributed by atoms with Crippen LogP contribution in [0.2, 0.25) is 0 Å². The second-order valence-electron chi connectivity index (χ2n) is 5.92. The lowest BCUT2D eigenvalue weighted by molar-refractivity contribution is 0.549. The van der Waals surface area contributed by atoms with Crippen molar-refractivity contribution >= 4 is 24.4 Å². The van der Waals surface area contributed by atoms with Crippen LogP contribution in [0.5, 0.6) is 0 Å². The van der Waals surface area contributed by atoms with Crippen molar-refractivity contribution in [2.24, 2.45) is 0 Å². The minimum atomic E-state index is -0.496. The molecule has 0 heterocycles. The van der Waals surface area contributed by atoms with Gasteiger partial charge in [-0.2, -0.15) is 0 Å². The molecule has 1 unspecified atom stereocenters. The van der Waals surface area contributed by atoms with Gasteiger partial charge in [-0.15, -0.1) is 0 Å². The van der Waals surface area contributed by atoms with Crippen LogP contribution in [0.1, 0.15) is 26.3 Å². The van der Waals surface area contributed by atoms with Crippen LogP contribution in [-0.2, 0) is 0 Å². The number of hydrogen-bond acceptors (Lipinski definition) is 2. The van der Waals surface area contributed by atoms with E-state index in [9.17, 15) is 0 Å². The van der Waals surface area contributed by atoms with Crippen LogP contribution in [0, 0.1) is 6.92 Å². The molecule has 0 aliphatic carbocycles. The molecule has 2 nitrogen and oxygen atoms in total. The average molecular weight is 330 g/mol. The summed E-state index contributed by atoms with van der Waals surface area (Å²) < 4.78 is 2.52. The molecule has 1 atom stereocenters. The molecule has 0 aromatic heterocycles. The molecular formula is C20H31N2P. The maximum absolute atomic E-state index is 2.52. The number of nitrogens with zero attached hydrogens (tertiary/aromatic N) is 2. The number of rotatable bonds is 6. The molecular weight excluding hydrogens is 299 g/mol. The standard InChI is InChI=1S/C19H27N2P.CH4/c1-6-14-21(5)22(17-10-8-7-9-11-17)19-15-16(2)12-13-18(19)20(3)4;/h7-13,15H,6,14H2,1-5H3;1H4. The maximum atomic E-state index is 2.52. The number of anilines is 1. The van der Waals surface area contributed by atoms with Crippen LogP contribution >= 0.6 is 8.07 Å². The van der Waals surface area contributed by atoms with Crippen molar-refractivity contribution in [2.45, 2.75) is 27.7 Å². The molecule has 0 spiro atoms. The molecule has 0 saturated carbocycles. The first kappa shape index (κ1) is 19.7. The van der Waals surface area contributed by atoms with Crippen molar-refractivity contribution in [3.05, 3.63) is 54.1 Å². The summed E-state index contributed by atoms with van der Waals surface area (Å²) in [6, 6.07) is 17.7. The van der Waals surface area contributed by atoms with Crippen molar-refractivity contribution in [1.82, 2.24) is 4.67 Å². The largest absolute Gasteiger partial charge is 0.377 e. The van der Waals surface area contributed by atoms with Crippen molar-refractivity contribution in [1.29, 1.82) is 0 Å². The highest BCUT2D eigenvalue weighted by Crippen LogP contribution is 2.40. The lowest BCUT2D eigenvalue weighted by Gasteiger charge is -2.32. The summed E-state index contributed by atoms with van der Waals surface area (Å²) >= 11 is 0. The van der Waals surface area contributed by atoms with Crippen LogP contribution in [0.15, 0.2) is 48.5 Å².